The molecule has 2 aliphatic heterocycles. The van der Waals surface area contributed by atoms with Gasteiger partial charge in [0, 0.05) is 12.0 Å². The molecule has 0 saturated carbocycles. The summed E-state index contributed by atoms with van der Waals surface area (Å²) in [5, 5.41) is 10.7. The number of nitrogens with zero attached hydrogens (tertiary/aromatic N) is 2. The second-order valence-corrected chi connectivity index (χ2v) is 6.65. The Morgan fingerprint density at radius 2 is 1.95 bits per heavy atom. The van der Waals surface area contributed by atoms with Crippen LogP contribution in [-0.4, -0.2) is 35.1 Å². The van der Waals surface area contributed by atoms with E-state index in [0.717, 1.165) is 36.3 Å². The standard InChI is InChI=1S/C13H18BrF3N4/c1-7-6-9(13(15,16)17)21-12(19-7)10(14)11(20-21)8-2-4-18-5-3-8/h7-9,18-19H,2-6H2,1H3. The van der Waals surface area contributed by atoms with E-state index in [2.05, 4.69) is 31.7 Å². The van der Waals surface area contributed by atoms with Crippen molar-refractivity contribution in [2.75, 3.05) is 18.4 Å². The van der Waals surface area contributed by atoms with Crippen LogP contribution < -0.4 is 10.6 Å². The monoisotopic (exact) mass is 366 g/mol. The van der Waals surface area contributed by atoms with E-state index in [-0.39, 0.29) is 18.4 Å². The normalized spacial score (nSPS) is 27.3. The number of hydrogen-bond donors (Lipinski definition) is 2. The molecule has 0 amide bonds. The van der Waals surface area contributed by atoms with Crippen LogP contribution in [0.2, 0.25) is 0 Å². The molecule has 1 aromatic heterocycles. The molecule has 1 saturated heterocycles. The average molecular weight is 367 g/mol. The van der Waals surface area contributed by atoms with Gasteiger partial charge >= 0.3 is 6.18 Å². The molecule has 1 fully saturated rings. The number of nitrogens with one attached hydrogen (secondary N) is 2. The number of halogens is 4. The summed E-state index contributed by atoms with van der Waals surface area (Å²) in [6, 6.07) is -1.77. The summed E-state index contributed by atoms with van der Waals surface area (Å²) in [4.78, 5) is 0. The number of rotatable bonds is 1. The summed E-state index contributed by atoms with van der Waals surface area (Å²) in [6.07, 6.45) is -2.46. The Kier molecular flexibility index (Phi) is 3.94. The lowest BCUT2D eigenvalue weighted by Crippen LogP contribution is -2.38. The number of anilines is 1. The van der Waals surface area contributed by atoms with Gasteiger partial charge in [-0.25, -0.2) is 4.68 Å². The fourth-order valence-electron chi connectivity index (χ4n) is 3.14. The van der Waals surface area contributed by atoms with Crippen LogP contribution >= 0.6 is 15.9 Å². The molecule has 118 valence electrons. The first-order valence-corrected chi connectivity index (χ1v) is 7.99. The highest BCUT2D eigenvalue weighted by Gasteiger charge is 2.46. The number of fused-ring (bicyclic) bond motifs is 1. The van der Waals surface area contributed by atoms with Gasteiger partial charge in [0.15, 0.2) is 6.04 Å². The molecule has 0 aromatic carbocycles. The van der Waals surface area contributed by atoms with Crippen LogP contribution in [0.1, 0.15) is 43.8 Å². The van der Waals surface area contributed by atoms with E-state index in [1.807, 2.05) is 0 Å². The lowest BCUT2D eigenvalue weighted by atomic mass is 9.95. The molecule has 1 aromatic rings. The first-order chi connectivity index (χ1) is 9.88. The van der Waals surface area contributed by atoms with Crippen molar-refractivity contribution in [3.05, 3.63) is 10.2 Å². The van der Waals surface area contributed by atoms with Crippen molar-refractivity contribution >= 4 is 21.7 Å². The second-order valence-electron chi connectivity index (χ2n) is 5.86. The predicted molar refractivity (Wildman–Crippen MR) is 77.6 cm³/mol. The van der Waals surface area contributed by atoms with Crippen molar-refractivity contribution in [3.8, 4) is 0 Å². The Bertz CT molecular complexity index is 522. The summed E-state index contributed by atoms with van der Waals surface area (Å²) >= 11 is 3.46. The van der Waals surface area contributed by atoms with Crippen molar-refractivity contribution in [2.24, 2.45) is 0 Å². The van der Waals surface area contributed by atoms with Crippen LogP contribution in [0, 0.1) is 0 Å². The summed E-state index contributed by atoms with van der Waals surface area (Å²) in [5.74, 6) is 0.675. The van der Waals surface area contributed by atoms with Gasteiger partial charge in [-0.2, -0.15) is 18.3 Å². The lowest BCUT2D eigenvalue weighted by molar-refractivity contribution is -0.173. The first kappa shape index (κ1) is 15.1. The average Bonchev–Trinajstić information content (AvgIpc) is 2.75. The predicted octanol–water partition coefficient (Wildman–Crippen LogP) is 3.42. The van der Waals surface area contributed by atoms with E-state index in [9.17, 15) is 13.2 Å². The van der Waals surface area contributed by atoms with Gasteiger partial charge in [-0.1, -0.05) is 0 Å². The van der Waals surface area contributed by atoms with Crippen LogP contribution in [-0.2, 0) is 0 Å². The molecule has 0 spiro atoms. The Balaban J connectivity index is 2.00. The molecule has 2 unspecified atom stereocenters. The minimum atomic E-state index is -4.28. The van der Waals surface area contributed by atoms with E-state index in [4.69, 9.17) is 0 Å². The summed E-state index contributed by atoms with van der Waals surface area (Å²) in [5.41, 5.74) is 0.752. The van der Waals surface area contributed by atoms with Crippen LogP contribution in [0.5, 0.6) is 0 Å². The third kappa shape index (κ3) is 2.79. The fourth-order valence-corrected chi connectivity index (χ4v) is 3.84. The van der Waals surface area contributed by atoms with E-state index in [1.54, 1.807) is 6.92 Å². The maximum absolute atomic E-state index is 13.3. The molecule has 2 aliphatic rings. The van der Waals surface area contributed by atoms with Crippen LogP contribution in [0.25, 0.3) is 0 Å². The maximum Gasteiger partial charge on any atom is 0.410 e. The van der Waals surface area contributed by atoms with Crippen molar-refractivity contribution in [1.29, 1.82) is 0 Å². The van der Waals surface area contributed by atoms with Crippen LogP contribution in [0.3, 0.4) is 0 Å². The highest BCUT2D eigenvalue weighted by Crippen LogP contribution is 2.44. The van der Waals surface area contributed by atoms with Gasteiger partial charge in [0.05, 0.1) is 10.2 Å². The third-order valence-corrected chi connectivity index (χ3v) is 5.02. The SMILES string of the molecule is CC1CC(C(F)(F)F)n2nc(C3CCNCC3)c(Br)c2N1. The molecule has 2 N–H and O–H groups in total. The molecule has 3 heterocycles. The quantitative estimate of drug-likeness (QED) is 0.800. The van der Waals surface area contributed by atoms with E-state index in [1.165, 1.54) is 0 Å². The lowest BCUT2D eigenvalue weighted by Gasteiger charge is -2.31. The first-order valence-electron chi connectivity index (χ1n) is 7.19. The molecular formula is C13H18BrF3N4. The topological polar surface area (TPSA) is 41.9 Å². The zero-order valence-corrected chi connectivity index (χ0v) is 13.3. The summed E-state index contributed by atoms with van der Waals surface area (Å²) in [7, 11) is 0. The van der Waals surface area contributed by atoms with Gasteiger partial charge in [-0.3, -0.25) is 0 Å². The molecule has 0 radical (unpaired) electrons. The van der Waals surface area contributed by atoms with Gasteiger partial charge in [0.1, 0.15) is 5.82 Å². The van der Waals surface area contributed by atoms with Gasteiger partial charge in [-0.05, 0) is 55.2 Å². The number of piperidine rings is 1. The molecule has 2 atom stereocenters. The second kappa shape index (κ2) is 5.46. The minimum absolute atomic E-state index is 0.0102. The van der Waals surface area contributed by atoms with E-state index < -0.39 is 12.2 Å². The van der Waals surface area contributed by atoms with E-state index in [0.29, 0.717) is 10.3 Å². The maximum atomic E-state index is 13.3. The zero-order valence-electron chi connectivity index (χ0n) is 11.7. The van der Waals surface area contributed by atoms with Crippen molar-refractivity contribution < 1.29 is 13.2 Å². The van der Waals surface area contributed by atoms with Crippen molar-refractivity contribution in [3.63, 3.8) is 0 Å². The van der Waals surface area contributed by atoms with Crippen molar-refractivity contribution in [1.82, 2.24) is 15.1 Å². The molecule has 0 aliphatic carbocycles. The third-order valence-electron chi connectivity index (χ3n) is 4.24. The minimum Gasteiger partial charge on any atom is -0.367 e. The highest BCUT2D eigenvalue weighted by molar-refractivity contribution is 9.10. The molecule has 0 bridgehead atoms. The van der Waals surface area contributed by atoms with Gasteiger partial charge in [0.2, 0.25) is 0 Å². The van der Waals surface area contributed by atoms with Gasteiger partial charge in [0.25, 0.3) is 0 Å². The molecule has 21 heavy (non-hydrogen) atoms. The Morgan fingerprint density at radius 3 is 2.57 bits per heavy atom. The molecular weight excluding hydrogens is 349 g/mol. The molecule has 4 nitrogen and oxygen atoms in total. The molecule has 8 heteroatoms. The summed E-state index contributed by atoms with van der Waals surface area (Å²) in [6.45, 7) is 3.53. The fraction of sp³-hybridized carbons (Fsp3) is 0.769. The van der Waals surface area contributed by atoms with Gasteiger partial charge in [-0.15, -0.1) is 0 Å². The highest BCUT2D eigenvalue weighted by atomic mass is 79.9. The number of alkyl halides is 3. The number of aromatic nitrogens is 2. The number of hydrogen-bond acceptors (Lipinski definition) is 3. The van der Waals surface area contributed by atoms with Crippen molar-refractivity contribution in [2.45, 2.75) is 50.4 Å². The summed E-state index contributed by atoms with van der Waals surface area (Å²) < 4.78 is 41.6. The van der Waals surface area contributed by atoms with Gasteiger partial charge < -0.3 is 10.6 Å². The Hall–Kier alpha value is -0.760. The molecule has 3 rings (SSSR count). The largest absolute Gasteiger partial charge is 0.410 e. The smallest absolute Gasteiger partial charge is 0.367 e. The van der Waals surface area contributed by atoms with Crippen LogP contribution in [0.4, 0.5) is 19.0 Å². The van der Waals surface area contributed by atoms with Crippen LogP contribution in [0.15, 0.2) is 4.47 Å². The zero-order chi connectivity index (χ0) is 15.2. The van der Waals surface area contributed by atoms with E-state index >= 15 is 0 Å². The Morgan fingerprint density at radius 1 is 1.29 bits per heavy atom. The Labute approximate surface area is 129 Å².